The summed E-state index contributed by atoms with van der Waals surface area (Å²) in [6, 6.07) is 31.3. The summed E-state index contributed by atoms with van der Waals surface area (Å²) >= 11 is 0. The molecule has 3 aromatic rings. The topological polar surface area (TPSA) is 36.0 Å². The van der Waals surface area contributed by atoms with Crippen LogP contribution in [0.4, 0.5) is 11.4 Å². The number of allylic oxidation sites excluding steroid dienone is 2. The van der Waals surface area contributed by atoms with Crippen LogP contribution in [0.1, 0.15) is 18.4 Å². The van der Waals surface area contributed by atoms with Gasteiger partial charge in [-0.2, -0.15) is 0 Å². The van der Waals surface area contributed by atoms with Crippen LogP contribution in [-0.2, 0) is 16.0 Å². The number of aryl methyl sites for hydroxylation is 1. The van der Waals surface area contributed by atoms with Crippen molar-refractivity contribution in [2.45, 2.75) is 25.3 Å². The first-order valence-electron chi connectivity index (χ1n) is 14.5. The number of ether oxygens (including phenoxy) is 1. The zero-order valence-electron chi connectivity index (χ0n) is 23.4. The number of methoxy groups -OCH3 is 1. The second-order valence-corrected chi connectivity index (χ2v) is 11.3. The van der Waals surface area contributed by atoms with Gasteiger partial charge in [-0.05, 0) is 67.2 Å². The number of piperazine rings is 1. The highest BCUT2D eigenvalue weighted by Gasteiger charge is 2.58. The first-order valence-corrected chi connectivity index (χ1v) is 14.5. The summed E-state index contributed by atoms with van der Waals surface area (Å²) in [7, 11) is 1.76. The van der Waals surface area contributed by atoms with Gasteiger partial charge in [0.25, 0.3) is 0 Å². The Bertz CT molecular complexity index is 1290. The Hall–Kier alpha value is -3.67. The van der Waals surface area contributed by atoms with Gasteiger partial charge in [0.15, 0.2) is 0 Å². The predicted molar refractivity (Wildman–Crippen MR) is 161 cm³/mol. The summed E-state index contributed by atoms with van der Waals surface area (Å²) in [4.78, 5) is 20.6. The van der Waals surface area contributed by atoms with E-state index in [1.54, 1.807) is 7.11 Å². The first kappa shape index (κ1) is 26.5. The molecule has 40 heavy (non-hydrogen) atoms. The smallest absolute Gasteiger partial charge is 0.245 e. The quantitative estimate of drug-likeness (QED) is 0.317. The fraction of sp³-hybridized carbons (Fsp3) is 0.343. The van der Waals surface area contributed by atoms with Crippen molar-refractivity contribution in [1.29, 1.82) is 0 Å². The third-order valence-electron chi connectivity index (χ3n) is 8.92. The van der Waals surface area contributed by atoms with Crippen LogP contribution in [0.25, 0.3) is 0 Å². The lowest BCUT2D eigenvalue weighted by Gasteiger charge is -2.43. The summed E-state index contributed by atoms with van der Waals surface area (Å²) in [6.45, 7) is 4.17. The summed E-state index contributed by atoms with van der Waals surface area (Å²) in [5.41, 5.74) is 3.42. The number of amides is 1. The Morgan fingerprint density at radius 1 is 0.900 bits per heavy atom. The third-order valence-corrected chi connectivity index (χ3v) is 8.92. The van der Waals surface area contributed by atoms with Crippen LogP contribution in [0.15, 0.2) is 115 Å². The third kappa shape index (κ3) is 5.63. The van der Waals surface area contributed by atoms with E-state index in [4.69, 9.17) is 4.74 Å². The number of carbonyl (C=O) groups excluding carboxylic acids is 1. The maximum atomic E-state index is 13.7. The van der Waals surface area contributed by atoms with Gasteiger partial charge in [0.2, 0.25) is 5.91 Å². The number of anilines is 2. The molecule has 6 rings (SSSR count). The van der Waals surface area contributed by atoms with E-state index in [9.17, 15) is 4.79 Å². The minimum absolute atomic E-state index is 0.111. The van der Waals surface area contributed by atoms with Crippen LogP contribution in [0.2, 0.25) is 0 Å². The van der Waals surface area contributed by atoms with E-state index in [2.05, 4.69) is 58.4 Å². The highest BCUT2D eigenvalue weighted by molar-refractivity contribution is 6.01. The van der Waals surface area contributed by atoms with Crippen molar-refractivity contribution in [1.82, 2.24) is 9.80 Å². The van der Waals surface area contributed by atoms with Gasteiger partial charge in [0, 0.05) is 49.0 Å². The molecule has 0 N–H and O–H groups in total. The monoisotopic (exact) mass is 533 g/mol. The average molecular weight is 534 g/mol. The molecule has 0 spiro atoms. The van der Waals surface area contributed by atoms with E-state index in [1.165, 1.54) is 12.0 Å². The zero-order valence-corrected chi connectivity index (χ0v) is 23.4. The van der Waals surface area contributed by atoms with Crippen LogP contribution >= 0.6 is 0 Å². The Morgan fingerprint density at radius 2 is 1.50 bits per heavy atom. The van der Waals surface area contributed by atoms with Crippen molar-refractivity contribution < 1.29 is 9.53 Å². The maximum absolute atomic E-state index is 13.7. The lowest BCUT2D eigenvalue weighted by molar-refractivity contribution is -0.119. The maximum Gasteiger partial charge on any atom is 0.245 e. The lowest BCUT2D eigenvalue weighted by Crippen LogP contribution is -2.54. The van der Waals surface area contributed by atoms with Gasteiger partial charge in [-0.25, -0.2) is 0 Å². The molecule has 2 fully saturated rings. The molecule has 0 bridgehead atoms. The van der Waals surface area contributed by atoms with E-state index in [0.29, 0.717) is 18.5 Å². The standard InChI is InChI=1S/C35H39N3O2/c1-40-32-19-20-35(26-29(35)25-32)33(18-17-28-11-5-2-6-12-28)37-23-21-36(22-24-37)27-34(39)38(30-13-7-3-8-14-30)31-15-9-4-10-16-31/h2-16,19-20,25,29,33H,17-18,21-24,26-27H2,1H3. The second kappa shape index (κ2) is 11.8. The van der Waals surface area contributed by atoms with Crippen LogP contribution in [0.5, 0.6) is 0 Å². The van der Waals surface area contributed by atoms with Crippen LogP contribution in [-0.4, -0.2) is 61.6 Å². The van der Waals surface area contributed by atoms with E-state index in [1.807, 2.05) is 65.6 Å². The highest BCUT2D eigenvalue weighted by atomic mass is 16.5. The molecule has 3 atom stereocenters. The molecule has 3 aliphatic rings. The summed E-state index contributed by atoms with van der Waals surface area (Å²) in [5, 5.41) is 0. The first-order chi connectivity index (χ1) is 19.7. The molecule has 1 aliphatic heterocycles. The van der Waals surface area contributed by atoms with Crippen molar-refractivity contribution in [2.75, 3.05) is 44.7 Å². The SMILES string of the molecule is COC1=CC2CC2(C(CCc2ccccc2)N2CCN(CC(=O)N(c3ccccc3)c3ccccc3)CC2)C=C1. The predicted octanol–water partition coefficient (Wildman–Crippen LogP) is 6.08. The normalized spacial score (nSPS) is 23.1. The van der Waals surface area contributed by atoms with E-state index in [0.717, 1.165) is 56.2 Å². The van der Waals surface area contributed by atoms with Gasteiger partial charge in [0.05, 0.1) is 13.7 Å². The number of rotatable bonds is 10. The largest absolute Gasteiger partial charge is 0.497 e. The second-order valence-electron chi connectivity index (χ2n) is 11.3. The van der Waals surface area contributed by atoms with Crippen molar-refractivity contribution >= 4 is 17.3 Å². The number of hydrogen-bond donors (Lipinski definition) is 0. The van der Waals surface area contributed by atoms with Gasteiger partial charge in [-0.1, -0.05) is 72.8 Å². The molecular formula is C35H39N3O2. The number of hydrogen-bond acceptors (Lipinski definition) is 4. The fourth-order valence-electron chi connectivity index (χ4n) is 6.67. The molecule has 0 radical (unpaired) electrons. The Labute approximate surface area is 238 Å². The zero-order chi connectivity index (χ0) is 27.4. The van der Waals surface area contributed by atoms with Crippen molar-refractivity contribution in [3.05, 3.63) is 121 Å². The number of benzene rings is 3. The van der Waals surface area contributed by atoms with Gasteiger partial charge in [-0.15, -0.1) is 0 Å². The van der Waals surface area contributed by atoms with Crippen molar-refractivity contribution in [2.24, 2.45) is 11.3 Å². The molecule has 2 aliphatic carbocycles. The molecular weight excluding hydrogens is 494 g/mol. The molecule has 5 heteroatoms. The number of para-hydroxylation sites is 2. The highest BCUT2D eigenvalue weighted by Crippen LogP contribution is 2.61. The molecule has 0 aromatic heterocycles. The number of carbonyl (C=O) groups is 1. The molecule has 1 saturated heterocycles. The average Bonchev–Trinajstić information content (AvgIpc) is 3.74. The van der Waals surface area contributed by atoms with Crippen LogP contribution < -0.4 is 4.90 Å². The number of nitrogens with zero attached hydrogens (tertiary/aromatic N) is 3. The van der Waals surface area contributed by atoms with Crippen LogP contribution in [0.3, 0.4) is 0 Å². The Balaban J connectivity index is 1.13. The van der Waals surface area contributed by atoms with Gasteiger partial charge < -0.3 is 4.74 Å². The van der Waals surface area contributed by atoms with Gasteiger partial charge in [-0.3, -0.25) is 19.5 Å². The fourth-order valence-corrected chi connectivity index (χ4v) is 6.67. The minimum atomic E-state index is 0.111. The van der Waals surface area contributed by atoms with Gasteiger partial charge in [0.1, 0.15) is 5.76 Å². The van der Waals surface area contributed by atoms with Crippen molar-refractivity contribution in [3.8, 4) is 0 Å². The van der Waals surface area contributed by atoms with Gasteiger partial charge >= 0.3 is 0 Å². The summed E-state index contributed by atoms with van der Waals surface area (Å²) < 4.78 is 5.54. The molecule has 1 saturated carbocycles. The Morgan fingerprint density at radius 3 is 2.08 bits per heavy atom. The lowest BCUT2D eigenvalue weighted by atomic mass is 9.84. The summed E-state index contributed by atoms with van der Waals surface area (Å²) in [6.07, 6.45) is 10.3. The van der Waals surface area contributed by atoms with Crippen molar-refractivity contribution in [3.63, 3.8) is 0 Å². The van der Waals surface area contributed by atoms with E-state index >= 15 is 0 Å². The Kier molecular flexibility index (Phi) is 7.85. The number of fused-ring (bicyclic) bond motifs is 1. The summed E-state index contributed by atoms with van der Waals surface area (Å²) in [5.74, 6) is 1.66. The van der Waals surface area contributed by atoms with E-state index < -0.39 is 0 Å². The molecule has 1 amide bonds. The molecule has 5 nitrogen and oxygen atoms in total. The molecule has 206 valence electrons. The van der Waals surface area contributed by atoms with E-state index in [-0.39, 0.29) is 11.3 Å². The molecule has 3 unspecified atom stereocenters. The minimum Gasteiger partial charge on any atom is -0.497 e. The molecule has 1 heterocycles. The van der Waals surface area contributed by atoms with Crippen LogP contribution in [0, 0.1) is 11.3 Å². The molecule has 3 aromatic carbocycles.